The van der Waals surface area contributed by atoms with E-state index in [4.69, 9.17) is 11.6 Å². The Morgan fingerprint density at radius 1 is 0.955 bits per heavy atom. The number of rotatable bonds is 4. The van der Waals surface area contributed by atoms with Crippen molar-refractivity contribution in [3.05, 3.63) is 69.7 Å². The number of fused-ring (bicyclic) bond motifs is 2. The summed E-state index contributed by atoms with van der Waals surface area (Å²) in [5.41, 5.74) is 5.38. The van der Waals surface area contributed by atoms with Crippen LogP contribution in [0.2, 0.25) is 5.02 Å². The maximum atomic E-state index is 6.27. The van der Waals surface area contributed by atoms with Crippen molar-refractivity contribution in [3.63, 3.8) is 0 Å². The Labute approximate surface area is 138 Å². The van der Waals surface area contributed by atoms with E-state index in [0.717, 1.165) is 18.0 Å². The second-order valence-electron chi connectivity index (χ2n) is 6.23. The average Bonchev–Trinajstić information content (AvgIpc) is 2.65. The molecule has 1 aliphatic carbocycles. The molecule has 0 spiro atoms. The maximum absolute atomic E-state index is 6.27. The van der Waals surface area contributed by atoms with Crippen LogP contribution in [-0.4, -0.2) is 25.5 Å². The highest BCUT2D eigenvalue weighted by Crippen LogP contribution is 2.38. The Morgan fingerprint density at radius 2 is 1.68 bits per heavy atom. The smallest absolute Gasteiger partial charge is 0.0409 e. The van der Waals surface area contributed by atoms with Crippen LogP contribution < -0.4 is 0 Å². The van der Waals surface area contributed by atoms with Crippen molar-refractivity contribution >= 4 is 23.8 Å². The number of hydrogen-bond acceptors (Lipinski definition) is 1. The molecule has 0 saturated heterocycles. The predicted molar refractivity (Wildman–Crippen MR) is 96.5 cm³/mol. The SMILES string of the molecule is CN(C)CCCC1c2ccccc2C=Cc2ccc(Cl)cc21. The molecular weight excluding hydrogens is 290 g/mol. The number of halogens is 1. The van der Waals surface area contributed by atoms with E-state index < -0.39 is 0 Å². The fourth-order valence-electron chi connectivity index (χ4n) is 3.25. The molecule has 2 aromatic rings. The van der Waals surface area contributed by atoms with Gasteiger partial charge in [-0.15, -0.1) is 0 Å². The third-order valence-corrected chi connectivity index (χ3v) is 4.57. The van der Waals surface area contributed by atoms with Crippen LogP contribution in [0, 0.1) is 0 Å². The van der Waals surface area contributed by atoms with E-state index >= 15 is 0 Å². The second-order valence-corrected chi connectivity index (χ2v) is 6.67. The van der Waals surface area contributed by atoms with E-state index in [1.807, 2.05) is 6.07 Å². The Morgan fingerprint density at radius 3 is 2.45 bits per heavy atom. The van der Waals surface area contributed by atoms with Crippen LogP contribution in [0.1, 0.15) is 41.0 Å². The molecular formula is C20H22ClN. The number of hydrogen-bond donors (Lipinski definition) is 0. The average molecular weight is 312 g/mol. The fourth-order valence-corrected chi connectivity index (χ4v) is 3.43. The standard InChI is InChI=1S/C20H22ClN/c1-22(2)13-5-8-19-18-7-4-3-6-15(18)9-10-16-11-12-17(21)14-20(16)19/h3-4,6-7,9-12,14,19H,5,8,13H2,1-2H3. The minimum Gasteiger partial charge on any atom is -0.309 e. The summed E-state index contributed by atoms with van der Waals surface area (Å²) >= 11 is 6.27. The highest BCUT2D eigenvalue weighted by atomic mass is 35.5. The minimum atomic E-state index is 0.417. The first-order valence-corrected chi connectivity index (χ1v) is 8.24. The van der Waals surface area contributed by atoms with Gasteiger partial charge in [-0.25, -0.2) is 0 Å². The van der Waals surface area contributed by atoms with Crippen LogP contribution in [0.3, 0.4) is 0 Å². The molecule has 0 N–H and O–H groups in total. The van der Waals surface area contributed by atoms with E-state index in [9.17, 15) is 0 Å². The molecule has 0 heterocycles. The topological polar surface area (TPSA) is 3.24 Å². The van der Waals surface area contributed by atoms with Crippen molar-refractivity contribution in [1.29, 1.82) is 0 Å². The van der Waals surface area contributed by atoms with Gasteiger partial charge in [-0.1, -0.05) is 54.1 Å². The highest BCUT2D eigenvalue weighted by molar-refractivity contribution is 6.30. The van der Waals surface area contributed by atoms with Crippen LogP contribution in [0.25, 0.3) is 12.2 Å². The summed E-state index contributed by atoms with van der Waals surface area (Å²) in [5, 5.41) is 0.823. The van der Waals surface area contributed by atoms with Crippen molar-refractivity contribution in [2.24, 2.45) is 0 Å². The zero-order chi connectivity index (χ0) is 15.5. The van der Waals surface area contributed by atoms with Gasteiger partial charge in [0.15, 0.2) is 0 Å². The van der Waals surface area contributed by atoms with Gasteiger partial charge in [0.2, 0.25) is 0 Å². The quantitative estimate of drug-likeness (QED) is 0.741. The lowest BCUT2D eigenvalue weighted by Crippen LogP contribution is -2.14. The van der Waals surface area contributed by atoms with Gasteiger partial charge in [0.25, 0.3) is 0 Å². The van der Waals surface area contributed by atoms with Gasteiger partial charge in [0.1, 0.15) is 0 Å². The van der Waals surface area contributed by atoms with Crippen LogP contribution in [0.15, 0.2) is 42.5 Å². The molecule has 0 aliphatic heterocycles. The maximum Gasteiger partial charge on any atom is 0.0409 e. The predicted octanol–water partition coefficient (Wildman–Crippen LogP) is 5.30. The third kappa shape index (κ3) is 3.26. The molecule has 3 rings (SSSR count). The molecule has 22 heavy (non-hydrogen) atoms. The van der Waals surface area contributed by atoms with Gasteiger partial charge >= 0.3 is 0 Å². The Hall–Kier alpha value is -1.57. The number of benzene rings is 2. The summed E-state index contributed by atoms with van der Waals surface area (Å²) in [6, 6.07) is 15.0. The molecule has 0 saturated carbocycles. The summed E-state index contributed by atoms with van der Waals surface area (Å²) in [6.07, 6.45) is 6.77. The molecule has 0 bridgehead atoms. The van der Waals surface area contributed by atoms with Crippen LogP contribution in [0.5, 0.6) is 0 Å². The van der Waals surface area contributed by atoms with Crippen molar-refractivity contribution in [3.8, 4) is 0 Å². The van der Waals surface area contributed by atoms with Crippen LogP contribution in [0.4, 0.5) is 0 Å². The van der Waals surface area contributed by atoms with Gasteiger partial charge < -0.3 is 4.90 Å². The van der Waals surface area contributed by atoms with Crippen molar-refractivity contribution < 1.29 is 0 Å². The van der Waals surface area contributed by atoms with E-state index in [1.165, 1.54) is 28.7 Å². The summed E-state index contributed by atoms with van der Waals surface area (Å²) in [7, 11) is 4.26. The molecule has 2 aromatic carbocycles. The normalized spacial score (nSPS) is 16.3. The van der Waals surface area contributed by atoms with E-state index in [1.54, 1.807) is 0 Å². The Kier molecular flexibility index (Phi) is 4.66. The third-order valence-electron chi connectivity index (χ3n) is 4.34. The Balaban J connectivity index is 2.01. The molecule has 2 heteroatoms. The monoisotopic (exact) mass is 311 g/mol. The van der Waals surface area contributed by atoms with E-state index in [2.05, 4.69) is 67.5 Å². The van der Waals surface area contributed by atoms with Gasteiger partial charge in [-0.2, -0.15) is 0 Å². The van der Waals surface area contributed by atoms with Gasteiger partial charge in [0, 0.05) is 10.9 Å². The Bertz CT molecular complexity index is 688. The molecule has 1 atom stereocenters. The van der Waals surface area contributed by atoms with Crippen LogP contribution >= 0.6 is 11.6 Å². The summed E-state index contributed by atoms with van der Waals surface area (Å²) in [5.74, 6) is 0.417. The first-order chi connectivity index (χ1) is 10.6. The molecule has 0 fully saturated rings. The zero-order valence-electron chi connectivity index (χ0n) is 13.2. The molecule has 1 unspecified atom stereocenters. The molecule has 1 nitrogen and oxygen atoms in total. The lowest BCUT2D eigenvalue weighted by molar-refractivity contribution is 0.389. The van der Waals surface area contributed by atoms with Crippen LogP contribution in [-0.2, 0) is 0 Å². The minimum absolute atomic E-state index is 0.417. The van der Waals surface area contributed by atoms with Gasteiger partial charge in [-0.05, 0) is 67.9 Å². The lowest BCUT2D eigenvalue weighted by atomic mass is 9.84. The molecule has 114 valence electrons. The van der Waals surface area contributed by atoms with E-state index in [0.29, 0.717) is 5.92 Å². The van der Waals surface area contributed by atoms with Crippen molar-refractivity contribution in [2.45, 2.75) is 18.8 Å². The fraction of sp³-hybridized carbons (Fsp3) is 0.300. The summed E-state index contributed by atoms with van der Waals surface area (Å²) < 4.78 is 0. The highest BCUT2D eigenvalue weighted by Gasteiger charge is 2.21. The summed E-state index contributed by atoms with van der Waals surface area (Å²) in [4.78, 5) is 2.25. The number of nitrogens with zero attached hydrogens (tertiary/aromatic N) is 1. The molecule has 0 aromatic heterocycles. The lowest BCUT2D eigenvalue weighted by Gasteiger charge is -2.21. The van der Waals surface area contributed by atoms with Gasteiger partial charge in [-0.3, -0.25) is 0 Å². The van der Waals surface area contributed by atoms with Gasteiger partial charge in [0.05, 0.1) is 0 Å². The first-order valence-electron chi connectivity index (χ1n) is 7.86. The van der Waals surface area contributed by atoms with Crippen molar-refractivity contribution in [1.82, 2.24) is 4.90 Å². The second kappa shape index (κ2) is 6.68. The zero-order valence-corrected chi connectivity index (χ0v) is 14.0. The molecule has 0 radical (unpaired) electrons. The summed E-state index contributed by atoms with van der Waals surface area (Å²) in [6.45, 7) is 1.11. The molecule has 1 aliphatic rings. The van der Waals surface area contributed by atoms with E-state index in [-0.39, 0.29) is 0 Å². The largest absolute Gasteiger partial charge is 0.309 e. The molecule has 0 amide bonds. The van der Waals surface area contributed by atoms with Crippen molar-refractivity contribution in [2.75, 3.05) is 20.6 Å². The first kappa shape index (κ1) is 15.3.